The van der Waals surface area contributed by atoms with Crippen molar-refractivity contribution in [2.24, 2.45) is 0 Å². The molecule has 0 aromatic rings. The van der Waals surface area contributed by atoms with Crippen molar-refractivity contribution < 1.29 is 0 Å². The molecular formula is C5H10Si. The standard InChI is InChI=1S/C5H10Si/c1-3-5(2)4-6/h3,6H2,1-2H3. The molecule has 0 saturated carbocycles. The summed E-state index contributed by atoms with van der Waals surface area (Å²) in [6.45, 7) is 4.23. The summed E-state index contributed by atoms with van der Waals surface area (Å²) in [5.41, 5.74) is 1.35. The third-order valence-corrected chi connectivity index (χ3v) is 1.44. The molecule has 0 spiro atoms. The van der Waals surface area contributed by atoms with E-state index in [0.29, 0.717) is 0 Å². The molecule has 0 aliphatic rings. The fourth-order valence-corrected chi connectivity index (χ4v) is 0.375. The van der Waals surface area contributed by atoms with Crippen LogP contribution in [-0.2, 0) is 0 Å². The zero-order chi connectivity index (χ0) is 4.99. The quantitative estimate of drug-likeness (QED) is 0.416. The smallest absolute Gasteiger partial charge is 0.0333 e. The lowest BCUT2D eigenvalue weighted by Crippen LogP contribution is -1.67. The minimum atomic E-state index is 1.14. The first-order valence-corrected chi connectivity index (χ1v) is 2.87. The third kappa shape index (κ3) is 2.13. The van der Waals surface area contributed by atoms with E-state index >= 15 is 0 Å². The topological polar surface area (TPSA) is 0 Å². The van der Waals surface area contributed by atoms with Gasteiger partial charge in [0.25, 0.3) is 0 Å². The lowest BCUT2D eigenvalue weighted by atomic mass is 10.3. The molecule has 0 amide bonds. The van der Waals surface area contributed by atoms with Gasteiger partial charge in [0.15, 0.2) is 0 Å². The van der Waals surface area contributed by atoms with Crippen LogP contribution in [0, 0.1) is 0 Å². The van der Waals surface area contributed by atoms with Gasteiger partial charge in [-0.3, -0.25) is 0 Å². The number of rotatable bonds is 1. The van der Waals surface area contributed by atoms with Gasteiger partial charge in [0.1, 0.15) is 0 Å². The van der Waals surface area contributed by atoms with E-state index in [-0.39, 0.29) is 0 Å². The van der Waals surface area contributed by atoms with E-state index in [1.54, 1.807) is 9.85 Å². The Morgan fingerprint density at radius 3 is 2.33 bits per heavy atom. The lowest BCUT2D eigenvalue weighted by molar-refractivity contribution is 1.13. The van der Waals surface area contributed by atoms with Crippen molar-refractivity contribution in [3.63, 3.8) is 0 Å². The van der Waals surface area contributed by atoms with E-state index in [0.717, 1.165) is 6.42 Å². The molecule has 0 radical (unpaired) electrons. The summed E-state index contributed by atoms with van der Waals surface area (Å²) in [6, 6.07) is 0. The molecule has 0 rings (SSSR count). The summed E-state index contributed by atoms with van der Waals surface area (Å²) in [5, 5.41) is 3.06. The third-order valence-electron chi connectivity index (χ3n) is 0.832. The molecule has 0 aliphatic carbocycles. The maximum absolute atomic E-state index is 3.06. The molecule has 0 bridgehead atoms. The summed E-state index contributed by atoms with van der Waals surface area (Å²) in [6.07, 6.45) is 1.14. The highest BCUT2D eigenvalue weighted by molar-refractivity contribution is 6.25. The molecule has 0 aromatic heterocycles. The fourth-order valence-electron chi connectivity index (χ4n) is 0.125. The minimum Gasteiger partial charge on any atom is -0.165 e. The normalized spacial score (nSPS) is 7.00. The highest BCUT2D eigenvalue weighted by Gasteiger charge is 1.71. The van der Waals surface area contributed by atoms with E-state index < -0.39 is 0 Å². The molecule has 1 heteroatoms. The van der Waals surface area contributed by atoms with Gasteiger partial charge >= 0.3 is 0 Å². The first-order chi connectivity index (χ1) is 2.81. The van der Waals surface area contributed by atoms with Gasteiger partial charge in [-0.1, -0.05) is 6.92 Å². The Balaban J connectivity index is 3.52. The molecule has 0 atom stereocenters. The largest absolute Gasteiger partial charge is 0.165 e. The molecule has 0 aliphatic heterocycles. The molecule has 0 N–H and O–H groups in total. The van der Waals surface area contributed by atoms with Crippen LogP contribution in [0.4, 0.5) is 0 Å². The maximum Gasteiger partial charge on any atom is 0.0333 e. The van der Waals surface area contributed by atoms with Crippen molar-refractivity contribution in [3.05, 3.63) is 5.57 Å². The Morgan fingerprint density at radius 2 is 2.33 bits per heavy atom. The predicted octanol–water partition coefficient (Wildman–Crippen LogP) is 0.377. The fraction of sp³-hybridized carbons (Fsp3) is 0.600. The van der Waals surface area contributed by atoms with Crippen LogP contribution in [0.1, 0.15) is 20.3 Å². The van der Waals surface area contributed by atoms with Crippen LogP contribution in [-0.4, -0.2) is 15.2 Å². The molecule has 0 heterocycles. The second-order valence-corrected chi connectivity index (χ2v) is 1.66. The van der Waals surface area contributed by atoms with Crippen LogP contribution in [0.3, 0.4) is 0 Å². The van der Waals surface area contributed by atoms with Gasteiger partial charge in [0.05, 0.1) is 0 Å². The Labute approximate surface area is 41.9 Å². The van der Waals surface area contributed by atoms with Gasteiger partial charge in [-0.25, -0.2) is 0 Å². The Kier molecular flexibility index (Phi) is 3.00. The van der Waals surface area contributed by atoms with Crippen LogP contribution in [0.15, 0.2) is 5.57 Å². The lowest BCUT2D eigenvalue weighted by Gasteiger charge is -1.80. The Morgan fingerprint density at radius 1 is 1.83 bits per heavy atom. The van der Waals surface area contributed by atoms with E-state index in [2.05, 4.69) is 19.2 Å². The van der Waals surface area contributed by atoms with Gasteiger partial charge < -0.3 is 0 Å². The molecular weight excluding hydrogens is 88.1 g/mol. The molecule has 0 aromatic carbocycles. The van der Waals surface area contributed by atoms with Crippen LogP contribution in [0.2, 0.25) is 0 Å². The highest BCUT2D eigenvalue weighted by Crippen LogP contribution is 1.87. The van der Waals surface area contributed by atoms with E-state index in [9.17, 15) is 0 Å². The highest BCUT2D eigenvalue weighted by atomic mass is 28.1. The van der Waals surface area contributed by atoms with Crippen LogP contribution in [0.5, 0.6) is 0 Å². The Hall–Kier alpha value is -0.133. The van der Waals surface area contributed by atoms with Gasteiger partial charge in [-0.05, 0) is 18.9 Å². The summed E-state index contributed by atoms with van der Waals surface area (Å²) in [5.74, 6) is 0. The van der Waals surface area contributed by atoms with E-state index in [1.165, 1.54) is 5.57 Å². The maximum atomic E-state index is 3.06. The van der Waals surface area contributed by atoms with Gasteiger partial charge in [-0.15, -0.1) is 0 Å². The second-order valence-electron chi connectivity index (χ2n) is 1.31. The average Bonchev–Trinajstić information content (AvgIpc) is 1.65. The first-order valence-electron chi connectivity index (χ1n) is 2.16. The summed E-state index contributed by atoms with van der Waals surface area (Å²) < 4.78 is 0. The summed E-state index contributed by atoms with van der Waals surface area (Å²) >= 11 is 0. The van der Waals surface area contributed by atoms with Crippen LogP contribution >= 0.6 is 0 Å². The number of hydrogen-bond donors (Lipinski definition) is 0. The van der Waals surface area contributed by atoms with E-state index in [4.69, 9.17) is 0 Å². The van der Waals surface area contributed by atoms with Crippen molar-refractivity contribution >= 4 is 15.2 Å². The summed E-state index contributed by atoms with van der Waals surface area (Å²) in [7, 11) is 1.77. The first kappa shape index (κ1) is 5.87. The molecule has 34 valence electrons. The van der Waals surface area contributed by atoms with E-state index in [1.807, 2.05) is 0 Å². The van der Waals surface area contributed by atoms with Gasteiger partial charge in [0.2, 0.25) is 0 Å². The van der Waals surface area contributed by atoms with Crippen molar-refractivity contribution in [2.45, 2.75) is 20.3 Å². The predicted molar refractivity (Wildman–Crippen MR) is 33.0 cm³/mol. The second kappa shape index (κ2) is 3.07. The SMILES string of the molecule is CCC(C)=C=[SiH2]. The van der Waals surface area contributed by atoms with Crippen molar-refractivity contribution in [1.82, 2.24) is 0 Å². The zero-order valence-corrected chi connectivity index (χ0v) is 5.83. The van der Waals surface area contributed by atoms with Crippen LogP contribution in [0.25, 0.3) is 0 Å². The average molecular weight is 98.2 g/mol. The number of hydrogen-bond acceptors (Lipinski definition) is 0. The van der Waals surface area contributed by atoms with Gasteiger partial charge in [-0.2, -0.15) is 5.33 Å². The van der Waals surface area contributed by atoms with Crippen molar-refractivity contribution in [3.8, 4) is 0 Å². The summed E-state index contributed by atoms with van der Waals surface area (Å²) in [4.78, 5) is 0. The van der Waals surface area contributed by atoms with Crippen LogP contribution < -0.4 is 0 Å². The Bertz CT molecular complexity index is 77.9. The molecule has 0 fully saturated rings. The monoisotopic (exact) mass is 98.1 g/mol. The minimum absolute atomic E-state index is 1.14. The molecule has 0 saturated heterocycles. The van der Waals surface area contributed by atoms with Crippen molar-refractivity contribution in [2.75, 3.05) is 0 Å². The molecule has 6 heavy (non-hydrogen) atoms. The number of allylic oxidation sites excluding steroid dienone is 1. The molecule has 0 unspecified atom stereocenters. The molecule has 0 nitrogen and oxygen atoms in total. The van der Waals surface area contributed by atoms with Gasteiger partial charge in [0, 0.05) is 9.85 Å². The van der Waals surface area contributed by atoms with Crippen molar-refractivity contribution in [1.29, 1.82) is 0 Å². The zero-order valence-electron chi connectivity index (χ0n) is 4.41.